The Morgan fingerprint density at radius 3 is 2.71 bits per heavy atom. The third kappa shape index (κ3) is 3.56. The highest BCUT2D eigenvalue weighted by molar-refractivity contribution is 4.76. The van der Waals surface area contributed by atoms with E-state index in [9.17, 15) is 0 Å². The minimum atomic E-state index is -0.0374. The third-order valence-electron chi connectivity index (χ3n) is 3.47. The van der Waals surface area contributed by atoms with Crippen LogP contribution in [-0.4, -0.2) is 42.3 Å². The Balaban J connectivity index is 2.20. The maximum Gasteiger partial charge on any atom is 0.0583 e. The molecule has 1 aliphatic rings. The molecule has 3 unspecified atom stereocenters. The molecule has 3 heteroatoms. The lowest BCUT2D eigenvalue weighted by molar-refractivity contribution is 0.130. The Morgan fingerprint density at radius 1 is 1.43 bits per heavy atom. The minimum Gasteiger partial charge on any atom is -0.395 e. The normalized spacial score (nSPS) is 31.7. The topological polar surface area (TPSA) is 49.5 Å². The number of aliphatic hydroxyl groups is 1. The molecule has 0 amide bonds. The fraction of sp³-hybridized carbons (Fsp3) is 1.00. The first-order valence-corrected chi connectivity index (χ1v) is 5.72. The molecular weight excluding hydrogens is 176 g/mol. The Bertz CT molecular complexity index is 163. The van der Waals surface area contributed by atoms with Crippen molar-refractivity contribution < 1.29 is 5.11 Å². The zero-order valence-corrected chi connectivity index (χ0v) is 9.45. The molecule has 14 heavy (non-hydrogen) atoms. The summed E-state index contributed by atoms with van der Waals surface area (Å²) in [6, 6.07) is -0.0374. The number of piperidine rings is 1. The van der Waals surface area contributed by atoms with Crippen molar-refractivity contribution in [1.29, 1.82) is 0 Å². The van der Waals surface area contributed by atoms with Gasteiger partial charge in [0.2, 0.25) is 0 Å². The third-order valence-corrected chi connectivity index (χ3v) is 3.47. The minimum absolute atomic E-state index is 0.0374. The molecule has 0 radical (unpaired) electrons. The molecule has 3 nitrogen and oxygen atoms in total. The molecule has 1 heterocycles. The lowest BCUT2D eigenvalue weighted by Gasteiger charge is -2.35. The van der Waals surface area contributed by atoms with E-state index in [2.05, 4.69) is 18.7 Å². The number of likely N-dealkylation sites (tertiary alicyclic amines) is 1. The van der Waals surface area contributed by atoms with Gasteiger partial charge in [-0.1, -0.05) is 13.8 Å². The first-order valence-electron chi connectivity index (χ1n) is 5.72. The van der Waals surface area contributed by atoms with Crippen LogP contribution in [0.2, 0.25) is 0 Å². The summed E-state index contributed by atoms with van der Waals surface area (Å²) in [5, 5.41) is 8.81. The standard InChI is InChI=1S/C11H24N2O/c1-9-3-5-13(7-10(9)2)6-4-11(12)8-14/h9-11,14H,3-8,12H2,1-2H3. The van der Waals surface area contributed by atoms with Gasteiger partial charge in [0.15, 0.2) is 0 Å². The van der Waals surface area contributed by atoms with Crippen molar-refractivity contribution in [2.75, 3.05) is 26.2 Å². The molecule has 84 valence electrons. The van der Waals surface area contributed by atoms with Crippen molar-refractivity contribution in [3.63, 3.8) is 0 Å². The summed E-state index contributed by atoms with van der Waals surface area (Å²) >= 11 is 0. The van der Waals surface area contributed by atoms with E-state index in [1.807, 2.05) is 0 Å². The molecule has 0 aromatic rings. The summed E-state index contributed by atoms with van der Waals surface area (Å²) < 4.78 is 0. The summed E-state index contributed by atoms with van der Waals surface area (Å²) in [6.07, 6.45) is 2.22. The summed E-state index contributed by atoms with van der Waals surface area (Å²) in [5.74, 6) is 1.66. The van der Waals surface area contributed by atoms with Gasteiger partial charge < -0.3 is 15.7 Å². The molecule has 0 bridgehead atoms. The van der Waals surface area contributed by atoms with Gasteiger partial charge in [-0.3, -0.25) is 0 Å². The van der Waals surface area contributed by atoms with E-state index in [-0.39, 0.29) is 12.6 Å². The lowest BCUT2D eigenvalue weighted by Crippen LogP contribution is -2.41. The van der Waals surface area contributed by atoms with E-state index in [4.69, 9.17) is 10.8 Å². The van der Waals surface area contributed by atoms with Gasteiger partial charge in [0.1, 0.15) is 0 Å². The lowest BCUT2D eigenvalue weighted by atomic mass is 9.88. The summed E-state index contributed by atoms with van der Waals surface area (Å²) in [4.78, 5) is 2.47. The number of aliphatic hydroxyl groups excluding tert-OH is 1. The molecule has 0 aliphatic carbocycles. The maximum atomic E-state index is 8.81. The second kappa shape index (κ2) is 5.69. The number of rotatable bonds is 4. The van der Waals surface area contributed by atoms with Crippen molar-refractivity contribution in [3.05, 3.63) is 0 Å². The molecule has 0 spiro atoms. The van der Waals surface area contributed by atoms with E-state index in [0.29, 0.717) is 0 Å². The average molecular weight is 200 g/mol. The van der Waals surface area contributed by atoms with Gasteiger partial charge in [0.05, 0.1) is 6.61 Å². The predicted octanol–water partition coefficient (Wildman–Crippen LogP) is 0.674. The molecule has 0 saturated carbocycles. The largest absolute Gasteiger partial charge is 0.395 e. The van der Waals surface area contributed by atoms with Gasteiger partial charge in [-0.05, 0) is 37.8 Å². The monoisotopic (exact) mass is 200 g/mol. The average Bonchev–Trinajstić information content (AvgIpc) is 2.19. The van der Waals surface area contributed by atoms with Gasteiger partial charge in [0, 0.05) is 12.6 Å². The van der Waals surface area contributed by atoms with Crippen LogP contribution in [-0.2, 0) is 0 Å². The van der Waals surface area contributed by atoms with E-state index in [0.717, 1.165) is 24.8 Å². The van der Waals surface area contributed by atoms with Crippen molar-refractivity contribution in [3.8, 4) is 0 Å². The predicted molar refractivity (Wildman–Crippen MR) is 59.1 cm³/mol. The quantitative estimate of drug-likeness (QED) is 0.701. The Morgan fingerprint density at radius 2 is 2.14 bits per heavy atom. The van der Waals surface area contributed by atoms with E-state index >= 15 is 0 Å². The summed E-state index contributed by atoms with van der Waals surface area (Å²) in [7, 11) is 0. The van der Waals surface area contributed by atoms with Crippen LogP contribution < -0.4 is 5.73 Å². The van der Waals surface area contributed by atoms with E-state index in [1.54, 1.807) is 0 Å². The van der Waals surface area contributed by atoms with Crippen LogP contribution >= 0.6 is 0 Å². The molecule has 0 aromatic carbocycles. The first kappa shape index (κ1) is 12.0. The molecule has 3 N–H and O–H groups in total. The van der Waals surface area contributed by atoms with Gasteiger partial charge in [-0.15, -0.1) is 0 Å². The fourth-order valence-corrected chi connectivity index (χ4v) is 1.99. The van der Waals surface area contributed by atoms with Gasteiger partial charge >= 0.3 is 0 Å². The molecule has 1 saturated heterocycles. The summed E-state index contributed by atoms with van der Waals surface area (Å²) in [5.41, 5.74) is 5.68. The van der Waals surface area contributed by atoms with Crippen molar-refractivity contribution in [1.82, 2.24) is 4.90 Å². The smallest absolute Gasteiger partial charge is 0.0583 e. The molecule has 0 aromatic heterocycles. The van der Waals surface area contributed by atoms with Crippen LogP contribution in [0, 0.1) is 11.8 Å². The van der Waals surface area contributed by atoms with E-state index < -0.39 is 0 Å². The highest BCUT2D eigenvalue weighted by Crippen LogP contribution is 2.22. The second-order valence-corrected chi connectivity index (χ2v) is 4.78. The Labute approximate surface area is 87.3 Å². The highest BCUT2D eigenvalue weighted by Gasteiger charge is 2.22. The van der Waals surface area contributed by atoms with Crippen molar-refractivity contribution in [2.45, 2.75) is 32.7 Å². The Kier molecular flexibility index (Phi) is 4.85. The van der Waals surface area contributed by atoms with Crippen LogP contribution in [0.25, 0.3) is 0 Å². The SMILES string of the molecule is CC1CCN(CCC(N)CO)CC1C. The second-order valence-electron chi connectivity index (χ2n) is 4.78. The van der Waals surface area contributed by atoms with Crippen LogP contribution in [0.15, 0.2) is 0 Å². The number of hydrogen-bond donors (Lipinski definition) is 2. The van der Waals surface area contributed by atoms with Crippen LogP contribution in [0.5, 0.6) is 0 Å². The first-order chi connectivity index (χ1) is 6.63. The van der Waals surface area contributed by atoms with Gasteiger partial charge in [0.25, 0.3) is 0 Å². The number of hydrogen-bond acceptors (Lipinski definition) is 3. The van der Waals surface area contributed by atoms with Crippen LogP contribution in [0.3, 0.4) is 0 Å². The van der Waals surface area contributed by atoms with Crippen molar-refractivity contribution >= 4 is 0 Å². The number of nitrogens with two attached hydrogens (primary N) is 1. The molecule has 3 atom stereocenters. The molecule has 1 fully saturated rings. The molecule has 1 aliphatic heterocycles. The van der Waals surface area contributed by atoms with Crippen molar-refractivity contribution in [2.24, 2.45) is 17.6 Å². The molecular formula is C11H24N2O. The fourth-order valence-electron chi connectivity index (χ4n) is 1.99. The van der Waals surface area contributed by atoms with Crippen LogP contribution in [0.4, 0.5) is 0 Å². The number of nitrogens with zero attached hydrogens (tertiary/aromatic N) is 1. The van der Waals surface area contributed by atoms with E-state index in [1.165, 1.54) is 19.5 Å². The maximum absolute atomic E-state index is 8.81. The molecule has 1 rings (SSSR count). The van der Waals surface area contributed by atoms with Gasteiger partial charge in [-0.2, -0.15) is 0 Å². The zero-order chi connectivity index (χ0) is 10.6. The Hall–Kier alpha value is -0.120. The van der Waals surface area contributed by atoms with Crippen LogP contribution in [0.1, 0.15) is 26.7 Å². The highest BCUT2D eigenvalue weighted by atomic mass is 16.3. The van der Waals surface area contributed by atoms with Gasteiger partial charge in [-0.25, -0.2) is 0 Å². The summed E-state index contributed by atoms with van der Waals surface area (Å²) in [6.45, 7) is 8.20. The zero-order valence-electron chi connectivity index (χ0n) is 9.45.